The number of hydrogen-bond donors (Lipinski definition) is 2. The minimum absolute atomic E-state index is 0.0787. The molecule has 0 unspecified atom stereocenters. The van der Waals surface area contributed by atoms with E-state index in [1.807, 2.05) is 0 Å². The number of hydrogen-bond acceptors (Lipinski definition) is 5. The monoisotopic (exact) mass is 479 g/mol. The largest absolute Gasteiger partial charge is 0.449 e. The normalized spacial score (nSPS) is 10.6. The molecule has 0 fully saturated rings. The second kappa shape index (κ2) is 8.41. The van der Waals surface area contributed by atoms with Crippen molar-refractivity contribution in [1.29, 1.82) is 0 Å². The third kappa shape index (κ3) is 4.31. The quantitative estimate of drug-likeness (QED) is 0.285. The summed E-state index contributed by atoms with van der Waals surface area (Å²) >= 11 is 3.33. The average molecular weight is 480 g/mol. The van der Waals surface area contributed by atoms with Crippen LogP contribution in [0.3, 0.4) is 0 Å². The molecule has 0 saturated heterocycles. The maximum atomic E-state index is 12.9. The van der Waals surface area contributed by atoms with Crippen LogP contribution in [0.4, 0.5) is 17.1 Å². The van der Waals surface area contributed by atoms with Gasteiger partial charge in [-0.05, 0) is 48.5 Å². The van der Waals surface area contributed by atoms with Crippen LogP contribution in [0.15, 0.2) is 81.7 Å². The van der Waals surface area contributed by atoms with Gasteiger partial charge >= 0.3 is 0 Å². The van der Waals surface area contributed by atoms with Gasteiger partial charge in [0.2, 0.25) is 5.76 Å². The first-order valence-electron chi connectivity index (χ1n) is 9.06. The summed E-state index contributed by atoms with van der Waals surface area (Å²) < 4.78 is 6.54. The van der Waals surface area contributed by atoms with Crippen molar-refractivity contribution in [2.75, 3.05) is 10.6 Å². The van der Waals surface area contributed by atoms with Crippen molar-refractivity contribution in [3.05, 3.63) is 98.7 Å². The number of fused-ring (bicyclic) bond motifs is 1. The van der Waals surface area contributed by atoms with Crippen molar-refractivity contribution in [3.63, 3.8) is 0 Å². The predicted octanol–water partition coefficient (Wildman–Crippen LogP) is 5.61. The minimum atomic E-state index is -0.601. The molecule has 8 nitrogen and oxygen atoms in total. The molecule has 4 aromatic rings. The molecule has 0 aliphatic carbocycles. The molecule has 0 radical (unpaired) electrons. The zero-order valence-electron chi connectivity index (χ0n) is 15.8. The lowest BCUT2D eigenvalue weighted by Crippen LogP contribution is -2.17. The number of halogens is 1. The van der Waals surface area contributed by atoms with Crippen LogP contribution in [0, 0.1) is 10.1 Å². The molecule has 154 valence electrons. The van der Waals surface area contributed by atoms with E-state index in [0.29, 0.717) is 22.2 Å². The van der Waals surface area contributed by atoms with Crippen LogP contribution in [-0.4, -0.2) is 16.7 Å². The van der Waals surface area contributed by atoms with Crippen LogP contribution < -0.4 is 10.6 Å². The predicted molar refractivity (Wildman–Crippen MR) is 119 cm³/mol. The van der Waals surface area contributed by atoms with Gasteiger partial charge in [-0.25, -0.2) is 0 Å². The van der Waals surface area contributed by atoms with Gasteiger partial charge in [0.05, 0.1) is 4.92 Å². The Hall–Kier alpha value is -3.98. The molecule has 0 atom stereocenters. The minimum Gasteiger partial charge on any atom is -0.449 e. The van der Waals surface area contributed by atoms with Crippen LogP contribution in [-0.2, 0) is 0 Å². The van der Waals surface area contributed by atoms with E-state index in [-0.39, 0.29) is 17.1 Å². The SMILES string of the molecule is O=C(Nc1c(C(=O)Nc2ccc([N+](=O)[O-])cc2)oc2ccccc12)c1ccc(Br)cc1. The van der Waals surface area contributed by atoms with E-state index in [4.69, 9.17) is 4.42 Å². The molecule has 0 aliphatic heterocycles. The van der Waals surface area contributed by atoms with Crippen molar-refractivity contribution in [2.24, 2.45) is 0 Å². The van der Waals surface area contributed by atoms with Gasteiger partial charge in [-0.15, -0.1) is 0 Å². The Labute approximate surface area is 184 Å². The Bertz CT molecular complexity index is 1300. The number of carbonyl (C=O) groups is 2. The molecular weight excluding hydrogens is 466 g/mol. The van der Waals surface area contributed by atoms with E-state index in [1.54, 1.807) is 48.5 Å². The number of anilines is 2. The van der Waals surface area contributed by atoms with E-state index in [1.165, 1.54) is 24.3 Å². The van der Waals surface area contributed by atoms with E-state index >= 15 is 0 Å². The Morgan fingerprint density at radius 1 is 0.871 bits per heavy atom. The van der Waals surface area contributed by atoms with Crippen molar-refractivity contribution >= 4 is 55.8 Å². The summed E-state index contributed by atoms with van der Waals surface area (Å²) in [7, 11) is 0. The molecule has 9 heteroatoms. The lowest BCUT2D eigenvalue weighted by atomic mass is 10.1. The zero-order valence-corrected chi connectivity index (χ0v) is 17.4. The number of nitro benzene ring substituents is 1. The first-order valence-corrected chi connectivity index (χ1v) is 9.86. The fraction of sp³-hybridized carbons (Fsp3) is 0. The topological polar surface area (TPSA) is 114 Å². The molecule has 4 rings (SSSR count). The van der Waals surface area contributed by atoms with E-state index in [9.17, 15) is 19.7 Å². The van der Waals surface area contributed by atoms with Gasteiger partial charge in [-0.1, -0.05) is 28.1 Å². The highest BCUT2D eigenvalue weighted by Gasteiger charge is 2.23. The summed E-state index contributed by atoms with van der Waals surface area (Å²) in [6, 6.07) is 19.1. The van der Waals surface area contributed by atoms with Gasteiger partial charge in [0.1, 0.15) is 11.3 Å². The number of rotatable bonds is 5. The van der Waals surface area contributed by atoms with Crippen LogP contribution in [0.2, 0.25) is 0 Å². The number of benzene rings is 3. The van der Waals surface area contributed by atoms with Crippen LogP contribution in [0.25, 0.3) is 11.0 Å². The first kappa shape index (κ1) is 20.3. The second-order valence-electron chi connectivity index (χ2n) is 6.52. The molecule has 0 aliphatic rings. The Morgan fingerprint density at radius 2 is 1.55 bits per heavy atom. The Kier molecular flexibility index (Phi) is 5.50. The highest BCUT2D eigenvalue weighted by Crippen LogP contribution is 2.32. The number of amides is 2. The van der Waals surface area contributed by atoms with Crippen LogP contribution >= 0.6 is 15.9 Å². The molecule has 0 saturated carbocycles. The highest BCUT2D eigenvalue weighted by molar-refractivity contribution is 9.10. The number of nitrogens with one attached hydrogen (secondary N) is 2. The van der Waals surface area contributed by atoms with Crippen molar-refractivity contribution < 1.29 is 18.9 Å². The zero-order chi connectivity index (χ0) is 22.0. The van der Waals surface area contributed by atoms with Crippen molar-refractivity contribution in [1.82, 2.24) is 0 Å². The summed E-state index contributed by atoms with van der Waals surface area (Å²) in [5, 5.41) is 16.8. The number of carbonyl (C=O) groups excluding carboxylic acids is 2. The van der Waals surface area contributed by atoms with Gasteiger partial charge in [0, 0.05) is 33.2 Å². The van der Waals surface area contributed by atoms with Crippen LogP contribution in [0.5, 0.6) is 0 Å². The van der Waals surface area contributed by atoms with Gasteiger partial charge in [0.25, 0.3) is 17.5 Å². The lowest BCUT2D eigenvalue weighted by molar-refractivity contribution is -0.384. The Morgan fingerprint density at radius 3 is 2.23 bits per heavy atom. The van der Waals surface area contributed by atoms with E-state index in [0.717, 1.165) is 4.47 Å². The molecule has 0 bridgehead atoms. The standard InChI is InChI=1S/C22H14BrN3O5/c23-14-7-5-13(6-8-14)21(27)25-19-17-3-1-2-4-18(17)31-20(19)22(28)24-15-9-11-16(12-10-15)26(29)30/h1-12H,(H,24,28)(H,25,27). The summed E-state index contributed by atoms with van der Waals surface area (Å²) in [5.41, 5.74) is 1.34. The van der Waals surface area contributed by atoms with Gasteiger partial charge in [-0.2, -0.15) is 0 Å². The molecule has 1 heterocycles. The number of para-hydroxylation sites is 1. The second-order valence-corrected chi connectivity index (χ2v) is 7.44. The summed E-state index contributed by atoms with van der Waals surface area (Å²) in [6.07, 6.45) is 0. The molecule has 1 aromatic heterocycles. The smallest absolute Gasteiger partial charge is 0.293 e. The molecule has 3 aromatic carbocycles. The molecule has 2 N–H and O–H groups in total. The first-order chi connectivity index (χ1) is 14.9. The summed E-state index contributed by atoms with van der Waals surface area (Å²) in [6.45, 7) is 0. The van der Waals surface area contributed by atoms with Crippen molar-refractivity contribution in [3.8, 4) is 0 Å². The van der Waals surface area contributed by atoms with Crippen molar-refractivity contribution in [2.45, 2.75) is 0 Å². The Balaban J connectivity index is 1.65. The maximum absolute atomic E-state index is 12.9. The van der Waals surface area contributed by atoms with E-state index < -0.39 is 16.7 Å². The van der Waals surface area contributed by atoms with Gasteiger partial charge < -0.3 is 15.1 Å². The lowest BCUT2D eigenvalue weighted by Gasteiger charge is -2.07. The number of furan rings is 1. The average Bonchev–Trinajstić information content (AvgIpc) is 3.13. The number of non-ortho nitro benzene ring substituents is 1. The van der Waals surface area contributed by atoms with Crippen LogP contribution in [0.1, 0.15) is 20.9 Å². The molecule has 2 amide bonds. The molecule has 31 heavy (non-hydrogen) atoms. The molecular formula is C22H14BrN3O5. The summed E-state index contributed by atoms with van der Waals surface area (Å²) in [4.78, 5) is 35.9. The fourth-order valence-electron chi connectivity index (χ4n) is 2.97. The fourth-order valence-corrected chi connectivity index (χ4v) is 3.24. The molecule has 0 spiro atoms. The third-order valence-corrected chi connectivity index (χ3v) is 5.01. The summed E-state index contributed by atoms with van der Waals surface area (Å²) in [5.74, 6) is -1.08. The number of nitro groups is 1. The maximum Gasteiger partial charge on any atom is 0.293 e. The third-order valence-electron chi connectivity index (χ3n) is 4.48. The van der Waals surface area contributed by atoms with Gasteiger partial charge in [0.15, 0.2) is 0 Å². The van der Waals surface area contributed by atoms with E-state index in [2.05, 4.69) is 26.6 Å². The van der Waals surface area contributed by atoms with Gasteiger partial charge in [-0.3, -0.25) is 19.7 Å². The number of nitrogens with zero attached hydrogens (tertiary/aromatic N) is 1. The highest BCUT2D eigenvalue weighted by atomic mass is 79.9.